The molecule has 1 saturated carbocycles. The van der Waals surface area contributed by atoms with Crippen LogP contribution in [-0.4, -0.2) is 23.3 Å². The van der Waals surface area contributed by atoms with E-state index in [1.165, 1.54) is 0 Å². The van der Waals surface area contributed by atoms with E-state index in [1.54, 1.807) is 0 Å². The molecule has 1 aliphatic heterocycles. The number of fused-ring (bicyclic) bond motifs is 1. The molecule has 0 radical (unpaired) electrons. The number of carboxylic acids is 1. The first-order valence-corrected chi connectivity index (χ1v) is 5.26. The molecule has 0 amide bonds. The van der Waals surface area contributed by atoms with Gasteiger partial charge >= 0.3 is 5.97 Å². The quantitative estimate of drug-likeness (QED) is 0.656. The predicted octanol–water partition coefficient (Wildman–Crippen LogP) is 2.05. The number of carbonyl (C=O) groups is 1. The van der Waals surface area contributed by atoms with E-state index in [0.717, 1.165) is 12.8 Å². The molecule has 3 atom stereocenters. The lowest BCUT2D eigenvalue weighted by Crippen LogP contribution is -2.46. The lowest BCUT2D eigenvalue weighted by atomic mass is 9.59. The number of aliphatic carboxylic acids is 1. The Morgan fingerprint density at radius 1 is 1.43 bits per heavy atom. The minimum atomic E-state index is -0.654. The molecule has 2 rings (SSSR count). The summed E-state index contributed by atoms with van der Waals surface area (Å²) in [5, 5.41) is 9.41. The molecule has 14 heavy (non-hydrogen) atoms. The number of carboxylic acid groups (broad SMARTS) is 1. The van der Waals surface area contributed by atoms with Gasteiger partial charge in [0.1, 0.15) is 0 Å². The van der Waals surface area contributed by atoms with E-state index in [0.29, 0.717) is 12.5 Å². The molecule has 80 valence electrons. The fraction of sp³-hybridized carbons (Fsp3) is 0.909. The summed E-state index contributed by atoms with van der Waals surface area (Å²) in [6, 6.07) is 0. The van der Waals surface area contributed by atoms with Crippen LogP contribution in [0.5, 0.6) is 0 Å². The molecule has 1 N–H and O–H groups in total. The van der Waals surface area contributed by atoms with Gasteiger partial charge in [0.2, 0.25) is 0 Å². The van der Waals surface area contributed by atoms with E-state index in [1.807, 2.05) is 20.8 Å². The van der Waals surface area contributed by atoms with Crippen LogP contribution in [0.4, 0.5) is 0 Å². The summed E-state index contributed by atoms with van der Waals surface area (Å²) in [7, 11) is 0. The van der Waals surface area contributed by atoms with Gasteiger partial charge in [0.05, 0.1) is 17.6 Å². The molecule has 2 fully saturated rings. The van der Waals surface area contributed by atoms with Crippen LogP contribution in [0.2, 0.25) is 0 Å². The zero-order chi connectivity index (χ0) is 10.6. The topological polar surface area (TPSA) is 49.8 Å². The van der Waals surface area contributed by atoms with Crippen molar-refractivity contribution in [2.75, 3.05) is 0 Å². The third-order valence-corrected chi connectivity index (χ3v) is 3.94. The standard InChI is InChI=1S/C11H18O3/c1-10(2,3)11(9(12)13)5-4-7-8(6-11)14-7/h7-8H,4-6H2,1-3H3,(H,12,13). The Kier molecular flexibility index (Phi) is 1.94. The summed E-state index contributed by atoms with van der Waals surface area (Å²) >= 11 is 0. The summed E-state index contributed by atoms with van der Waals surface area (Å²) in [5.41, 5.74) is -0.763. The monoisotopic (exact) mass is 198 g/mol. The number of epoxide rings is 1. The van der Waals surface area contributed by atoms with Gasteiger partial charge in [0, 0.05) is 0 Å². The van der Waals surface area contributed by atoms with Crippen LogP contribution < -0.4 is 0 Å². The zero-order valence-electron chi connectivity index (χ0n) is 9.04. The number of rotatable bonds is 1. The average Bonchev–Trinajstić information content (AvgIpc) is 2.77. The van der Waals surface area contributed by atoms with Gasteiger partial charge in [-0.25, -0.2) is 0 Å². The Morgan fingerprint density at radius 2 is 2.07 bits per heavy atom. The Balaban J connectivity index is 2.26. The first-order chi connectivity index (χ1) is 6.37. The fourth-order valence-corrected chi connectivity index (χ4v) is 2.64. The lowest BCUT2D eigenvalue weighted by molar-refractivity contribution is -0.159. The first-order valence-electron chi connectivity index (χ1n) is 5.26. The normalized spacial score (nSPS) is 41.6. The molecule has 0 aromatic rings. The second-order valence-corrected chi connectivity index (χ2v) is 5.59. The lowest BCUT2D eigenvalue weighted by Gasteiger charge is -2.42. The Labute approximate surface area is 84.4 Å². The highest BCUT2D eigenvalue weighted by atomic mass is 16.6. The number of hydrogen-bond acceptors (Lipinski definition) is 2. The average molecular weight is 198 g/mol. The number of ether oxygens (including phenoxy) is 1. The van der Waals surface area contributed by atoms with Gasteiger partial charge in [-0.15, -0.1) is 0 Å². The van der Waals surface area contributed by atoms with Crippen molar-refractivity contribution < 1.29 is 14.6 Å². The molecule has 0 aromatic carbocycles. The summed E-state index contributed by atoms with van der Waals surface area (Å²) in [5.74, 6) is -0.654. The number of hydrogen-bond donors (Lipinski definition) is 1. The van der Waals surface area contributed by atoms with Crippen molar-refractivity contribution >= 4 is 5.97 Å². The van der Waals surface area contributed by atoms with E-state index >= 15 is 0 Å². The summed E-state index contributed by atoms with van der Waals surface area (Å²) in [6.45, 7) is 6.05. The predicted molar refractivity (Wildman–Crippen MR) is 52.0 cm³/mol. The van der Waals surface area contributed by atoms with Crippen LogP contribution in [0.3, 0.4) is 0 Å². The third kappa shape index (κ3) is 1.26. The van der Waals surface area contributed by atoms with Crippen LogP contribution in [0.1, 0.15) is 40.0 Å². The smallest absolute Gasteiger partial charge is 0.310 e. The van der Waals surface area contributed by atoms with E-state index in [4.69, 9.17) is 4.74 Å². The molecular weight excluding hydrogens is 180 g/mol. The fourth-order valence-electron chi connectivity index (χ4n) is 2.64. The van der Waals surface area contributed by atoms with E-state index in [-0.39, 0.29) is 11.5 Å². The summed E-state index contributed by atoms with van der Waals surface area (Å²) in [4.78, 5) is 11.4. The molecule has 2 aliphatic rings. The minimum absolute atomic E-state index is 0.185. The first kappa shape index (κ1) is 9.97. The van der Waals surface area contributed by atoms with Gasteiger partial charge in [0.25, 0.3) is 0 Å². The molecule has 0 spiro atoms. The largest absolute Gasteiger partial charge is 0.481 e. The van der Waals surface area contributed by atoms with E-state index < -0.39 is 11.4 Å². The molecular formula is C11H18O3. The van der Waals surface area contributed by atoms with Crippen molar-refractivity contribution in [1.29, 1.82) is 0 Å². The maximum atomic E-state index is 11.4. The Morgan fingerprint density at radius 3 is 2.50 bits per heavy atom. The maximum absolute atomic E-state index is 11.4. The molecule has 3 nitrogen and oxygen atoms in total. The van der Waals surface area contributed by atoms with Gasteiger partial charge < -0.3 is 9.84 Å². The maximum Gasteiger partial charge on any atom is 0.310 e. The second kappa shape index (κ2) is 2.72. The van der Waals surface area contributed by atoms with Crippen LogP contribution in [0, 0.1) is 10.8 Å². The third-order valence-electron chi connectivity index (χ3n) is 3.94. The van der Waals surface area contributed by atoms with Gasteiger partial charge in [-0.3, -0.25) is 4.79 Å². The van der Waals surface area contributed by atoms with Crippen LogP contribution in [0.25, 0.3) is 0 Å². The van der Waals surface area contributed by atoms with Crippen LogP contribution in [0.15, 0.2) is 0 Å². The highest BCUT2D eigenvalue weighted by Gasteiger charge is 2.58. The van der Waals surface area contributed by atoms with Crippen molar-refractivity contribution in [2.24, 2.45) is 10.8 Å². The molecule has 3 heteroatoms. The molecule has 3 unspecified atom stereocenters. The minimum Gasteiger partial charge on any atom is -0.481 e. The van der Waals surface area contributed by atoms with E-state index in [2.05, 4.69) is 0 Å². The zero-order valence-corrected chi connectivity index (χ0v) is 9.04. The van der Waals surface area contributed by atoms with Crippen molar-refractivity contribution in [3.63, 3.8) is 0 Å². The Bertz CT molecular complexity index is 266. The van der Waals surface area contributed by atoms with Gasteiger partial charge in [-0.05, 0) is 24.7 Å². The molecule has 1 aliphatic carbocycles. The van der Waals surface area contributed by atoms with Crippen LogP contribution in [-0.2, 0) is 9.53 Å². The van der Waals surface area contributed by atoms with Gasteiger partial charge in [-0.1, -0.05) is 20.8 Å². The SMILES string of the molecule is CC(C)(C)C1(C(=O)O)CCC2OC2C1. The molecule has 1 saturated heterocycles. The molecule has 0 aromatic heterocycles. The van der Waals surface area contributed by atoms with Crippen LogP contribution >= 0.6 is 0 Å². The summed E-state index contributed by atoms with van der Waals surface area (Å²) in [6.07, 6.45) is 2.95. The van der Waals surface area contributed by atoms with Crippen molar-refractivity contribution in [3.8, 4) is 0 Å². The van der Waals surface area contributed by atoms with Crippen molar-refractivity contribution in [2.45, 2.75) is 52.2 Å². The van der Waals surface area contributed by atoms with Crippen molar-refractivity contribution in [3.05, 3.63) is 0 Å². The van der Waals surface area contributed by atoms with Crippen molar-refractivity contribution in [1.82, 2.24) is 0 Å². The summed E-state index contributed by atoms with van der Waals surface area (Å²) < 4.78 is 5.42. The molecule has 0 bridgehead atoms. The van der Waals surface area contributed by atoms with Gasteiger partial charge in [0.15, 0.2) is 0 Å². The molecule has 1 heterocycles. The van der Waals surface area contributed by atoms with E-state index in [9.17, 15) is 9.90 Å². The Hall–Kier alpha value is -0.570. The van der Waals surface area contributed by atoms with Gasteiger partial charge in [-0.2, -0.15) is 0 Å². The second-order valence-electron chi connectivity index (χ2n) is 5.59. The highest BCUT2D eigenvalue weighted by molar-refractivity contribution is 5.76. The highest BCUT2D eigenvalue weighted by Crippen LogP contribution is 2.54.